The summed E-state index contributed by atoms with van der Waals surface area (Å²) in [5.41, 5.74) is 3.64. The van der Waals surface area contributed by atoms with Crippen molar-refractivity contribution >= 4 is 16.9 Å². The zero-order valence-corrected chi connectivity index (χ0v) is 10.7. The Bertz CT molecular complexity index is 591. The Hall–Kier alpha value is -1.68. The standard InChI is InChI=1S/C14H17N3O/c1-9-6-11(10(2)18)14-12(7-9)15-8-13(16-14)17-4-3-5-17/h6-8,10,18H,3-5H2,1-2H3. The third-order valence-electron chi connectivity index (χ3n) is 3.44. The molecule has 1 N–H and O–H groups in total. The minimum absolute atomic E-state index is 0.520. The molecule has 1 aliphatic heterocycles. The number of anilines is 1. The molecule has 1 aromatic heterocycles. The predicted octanol–water partition coefficient (Wildman–Crippen LogP) is 2.20. The van der Waals surface area contributed by atoms with Crippen LogP contribution in [0.4, 0.5) is 5.82 Å². The highest BCUT2D eigenvalue weighted by molar-refractivity contribution is 5.80. The zero-order valence-electron chi connectivity index (χ0n) is 10.7. The summed E-state index contributed by atoms with van der Waals surface area (Å²) in [6.45, 7) is 5.88. The topological polar surface area (TPSA) is 49.3 Å². The SMILES string of the molecule is Cc1cc(C(C)O)c2nc(N3CCC3)cnc2c1. The number of aryl methyl sites for hydroxylation is 1. The van der Waals surface area contributed by atoms with Gasteiger partial charge in [-0.2, -0.15) is 0 Å². The fourth-order valence-electron chi connectivity index (χ4n) is 2.29. The van der Waals surface area contributed by atoms with Crippen molar-refractivity contribution in [1.29, 1.82) is 0 Å². The fourth-order valence-corrected chi connectivity index (χ4v) is 2.29. The monoisotopic (exact) mass is 243 g/mol. The Balaban J connectivity index is 2.18. The van der Waals surface area contributed by atoms with Crippen molar-refractivity contribution in [2.24, 2.45) is 0 Å². The molecule has 0 aliphatic carbocycles. The zero-order chi connectivity index (χ0) is 12.7. The van der Waals surface area contributed by atoms with Crippen molar-refractivity contribution in [3.63, 3.8) is 0 Å². The molecule has 2 heterocycles. The van der Waals surface area contributed by atoms with Gasteiger partial charge in [0.15, 0.2) is 0 Å². The first kappa shape index (κ1) is 11.4. The van der Waals surface area contributed by atoms with Crippen molar-refractivity contribution in [2.75, 3.05) is 18.0 Å². The van der Waals surface area contributed by atoms with Crippen LogP contribution in [0.5, 0.6) is 0 Å². The first-order valence-electron chi connectivity index (χ1n) is 6.35. The second-order valence-corrected chi connectivity index (χ2v) is 4.97. The van der Waals surface area contributed by atoms with Gasteiger partial charge in [0.25, 0.3) is 0 Å². The van der Waals surface area contributed by atoms with Gasteiger partial charge in [0.05, 0.1) is 23.3 Å². The van der Waals surface area contributed by atoms with Gasteiger partial charge in [0, 0.05) is 18.7 Å². The molecule has 1 unspecified atom stereocenters. The molecule has 3 rings (SSSR count). The molecule has 4 nitrogen and oxygen atoms in total. The molecule has 4 heteroatoms. The van der Waals surface area contributed by atoms with E-state index in [1.807, 2.05) is 25.3 Å². The molecule has 1 atom stereocenters. The lowest BCUT2D eigenvalue weighted by Gasteiger charge is -2.31. The molecular formula is C14H17N3O. The molecule has 1 aliphatic rings. The number of fused-ring (bicyclic) bond motifs is 1. The van der Waals surface area contributed by atoms with Gasteiger partial charge in [0.2, 0.25) is 0 Å². The van der Waals surface area contributed by atoms with Crippen LogP contribution in [0, 0.1) is 6.92 Å². The lowest BCUT2D eigenvalue weighted by Crippen LogP contribution is -2.37. The maximum atomic E-state index is 9.87. The molecule has 18 heavy (non-hydrogen) atoms. The molecular weight excluding hydrogens is 226 g/mol. The molecule has 0 amide bonds. The molecule has 1 saturated heterocycles. The smallest absolute Gasteiger partial charge is 0.147 e. The van der Waals surface area contributed by atoms with Crippen LogP contribution < -0.4 is 4.90 Å². The molecule has 0 saturated carbocycles. The average Bonchev–Trinajstić information content (AvgIpc) is 2.26. The van der Waals surface area contributed by atoms with Gasteiger partial charge in [-0.05, 0) is 31.9 Å². The van der Waals surface area contributed by atoms with E-state index in [1.165, 1.54) is 6.42 Å². The van der Waals surface area contributed by atoms with E-state index in [0.29, 0.717) is 0 Å². The van der Waals surface area contributed by atoms with Crippen molar-refractivity contribution in [2.45, 2.75) is 26.4 Å². The summed E-state index contributed by atoms with van der Waals surface area (Å²) in [7, 11) is 0. The van der Waals surface area contributed by atoms with Crippen LogP contribution in [0.15, 0.2) is 18.3 Å². The maximum Gasteiger partial charge on any atom is 0.147 e. The van der Waals surface area contributed by atoms with Crippen LogP contribution in [-0.4, -0.2) is 28.2 Å². The van der Waals surface area contributed by atoms with E-state index in [4.69, 9.17) is 0 Å². The van der Waals surface area contributed by atoms with E-state index in [9.17, 15) is 5.11 Å². The first-order chi connectivity index (χ1) is 8.65. The van der Waals surface area contributed by atoms with Crippen molar-refractivity contribution in [3.8, 4) is 0 Å². The molecule has 2 aromatic rings. The summed E-state index contributed by atoms with van der Waals surface area (Å²) >= 11 is 0. The molecule has 0 bridgehead atoms. The summed E-state index contributed by atoms with van der Waals surface area (Å²) < 4.78 is 0. The number of nitrogens with zero attached hydrogens (tertiary/aromatic N) is 3. The third kappa shape index (κ3) is 1.82. The van der Waals surface area contributed by atoms with Gasteiger partial charge >= 0.3 is 0 Å². The fraction of sp³-hybridized carbons (Fsp3) is 0.429. The van der Waals surface area contributed by atoms with E-state index in [1.54, 1.807) is 6.92 Å². The van der Waals surface area contributed by atoms with E-state index < -0.39 is 6.10 Å². The molecule has 1 fully saturated rings. The van der Waals surface area contributed by atoms with Crippen LogP contribution in [0.3, 0.4) is 0 Å². The Morgan fingerprint density at radius 1 is 1.33 bits per heavy atom. The highest BCUT2D eigenvalue weighted by Crippen LogP contribution is 2.26. The van der Waals surface area contributed by atoms with Crippen LogP contribution in [-0.2, 0) is 0 Å². The Kier molecular flexibility index (Phi) is 2.67. The number of aliphatic hydroxyl groups is 1. The normalized spacial score (nSPS) is 16.7. The predicted molar refractivity (Wildman–Crippen MR) is 71.7 cm³/mol. The maximum absolute atomic E-state index is 9.87. The van der Waals surface area contributed by atoms with Gasteiger partial charge in [-0.25, -0.2) is 4.98 Å². The average molecular weight is 243 g/mol. The lowest BCUT2D eigenvalue weighted by atomic mass is 10.0. The van der Waals surface area contributed by atoms with Crippen LogP contribution in [0.25, 0.3) is 11.0 Å². The van der Waals surface area contributed by atoms with E-state index in [0.717, 1.165) is 41.1 Å². The summed E-state index contributed by atoms with van der Waals surface area (Å²) in [4.78, 5) is 11.3. The number of rotatable bonds is 2. The van der Waals surface area contributed by atoms with Gasteiger partial charge in [-0.3, -0.25) is 4.98 Å². The van der Waals surface area contributed by atoms with Crippen LogP contribution in [0.2, 0.25) is 0 Å². The third-order valence-corrected chi connectivity index (χ3v) is 3.44. The van der Waals surface area contributed by atoms with Crippen molar-refractivity contribution in [1.82, 2.24) is 9.97 Å². The van der Waals surface area contributed by atoms with E-state index >= 15 is 0 Å². The van der Waals surface area contributed by atoms with E-state index in [-0.39, 0.29) is 0 Å². The van der Waals surface area contributed by atoms with Crippen molar-refractivity contribution in [3.05, 3.63) is 29.5 Å². The minimum atomic E-state index is -0.520. The first-order valence-corrected chi connectivity index (χ1v) is 6.35. The molecule has 0 spiro atoms. The summed E-state index contributed by atoms with van der Waals surface area (Å²) in [5, 5.41) is 9.87. The molecule has 1 aromatic carbocycles. The highest BCUT2D eigenvalue weighted by Gasteiger charge is 2.18. The second kappa shape index (κ2) is 4.21. The minimum Gasteiger partial charge on any atom is -0.389 e. The van der Waals surface area contributed by atoms with Gasteiger partial charge < -0.3 is 10.0 Å². The summed E-state index contributed by atoms with van der Waals surface area (Å²) in [6.07, 6.45) is 2.53. The molecule has 94 valence electrons. The Labute approximate surface area is 106 Å². The van der Waals surface area contributed by atoms with E-state index in [2.05, 4.69) is 14.9 Å². The molecule has 0 radical (unpaired) electrons. The number of hydrogen-bond donors (Lipinski definition) is 1. The van der Waals surface area contributed by atoms with Gasteiger partial charge in [-0.15, -0.1) is 0 Å². The number of aromatic nitrogens is 2. The summed E-state index contributed by atoms with van der Waals surface area (Å²) in [6, 6.07) is 4.00. The van der Waals surface area contributed by atoms with Gasteiger partial charge in [0.1, 0.15) is 5.82 Å². The number of benzene rings is 1. The summed E-state index contributed by atoms with van der Waals surface area (Å²) in [5.74, 6) is 0.916. The quantitative estimate of drug-likeness (QED) is 0.878. The lowest BCUT2D eigenvalue weighted by molar-refractivity contribution is 0.200. The number of hydrogen-bond acceptors (Lipinski definition) is 4. The van der Waals surface area contributed by atoms with Crippen molar-refractivity contribution < 1.29 is 5.11 Å². The Morgan fingerprint density at radius 3 is 2.72 bits per heavy atom. The van der Waals surface area contributed by atoms with Crippen LogP contribution >= 0.6 is 0 Å². The second-order valence-electron chi connectivity index (χ2n) is 4.97. The highest BCUT2D eigenvalue weighted by atomic mass is 16.3. The van der Waals surface area contributed by atoms with Crippen LogP contribution in [0.1, 0.15) is 30.6 Å². The van der Waals surface area contributed by atoms with Gasteiger partial charge in [-0.1, -0.05) is 6.07 Å². The number of aliphatic hydroxyl groups excluding tert-OH is 1. The Morgan fingerprint density at radius 2 is 2.11 bits per heavy atom. The largest absolute Gasteiger partial charge is 0.389 e.